The average Bonchev–Trinajstić information content (AvgIpc) is 2.64. The summed E-state index contributed by atoms with van der Waals surface area (Å²) in [4.78, 5) is 23.0. The van der Waals surface area contributed by atoms with Gasteiger partial charge in [-0.3, -0.25) is 4.90 Å². The van der Waals surface area contributed by atoms with Crippen LogP contribution in [0.15, 0.2) is 30.5 Å². The number of aromatic nitrogens is 2. The first-order valence-corrected chi connectivity index (χ1v) is 9.06. The molecule has 0 saturated carbocycles. The Morgan fingerprint density at radius 1 is 1.36 bits per heavy atom. The highest BCUT2D eigenvalue weighted by atomic mass is 35.5. The number of rotatable bonds is 6. The molecule has 1 aromatic heterocycles. The highest BCUT2D eigenvalue weighted by molar-refractivity contribution is 6.30. The van der Waals surface area contributed by atoms with Gasteiger partial charge in [-0.2, -0.15) is 0 Å². The molecular formula is C19H23ClN4O. The summed E-state index contributed by atoms with van der Waals surface area (Å²) >= 11 is 6.01. The van der Waals surface area contributed by atoms with Crippen molar-refractivity contribution in [2.45, 2.75) is 45.2 Å². The van der Waals surface area contributed by atoms with E-state index in [1.54, 1.807) is 0 Å². The smallest absolute Gasteiger partial charge is 0.227 e. The topological polar surface area (TPSA) is 58.1 Å². The second-order valence-corrected chi connectivity index (χ2v) is 6.84. The van der Waals surface area contributed by atoms with E-state index >= 15 is 0 Å². The Morgan fingerprint density at radius 3 is 2.84 bits per heavy atom. The molecule has 3 rings (SSSR count). The van der Waals surface area contributed by atoms with Crippen molar-refractivity contribution in [1.82, 2.24) is 14.9 Å². The van der Waals surface area contributed by atoms with E-state index in [1.807, 2.05) is 30.5 Å². The van der Waals surface area contributed by atoms with Crippen LogP contribution in [-0.2, 0) is 17.8 Å². The molecule has 1 N–H and O–H groups in total. The Morgan fingerprint density at radius 2 is 2.16 bits per heavy atom. The summed E-state index contributed by atoms with van der Waals surface area (Å²) < 4.78 is 0. The number of hydrogen-bond donors (Lipinski definition) is 1. The van der Waals surface area contributed by atoms with Gasteiger partial charge in [0, 0.05) is 42.0 Å². The molecule has 2 heterocycles. The summed E-state index contributed by atoms with van der Waals surface area (Å²) in [5, 5.41) is 3.86. The van der Waals surface area contributed by atoms with Gasteiger partial charge in [-0.05, 0) is 31.0 Å². The molecule has 5 nitrogen and oxygen atoms in total. The van der Waals surface area contributed by atoms with Crippen molar-refractivity contribution in [2.24, 2.45) is 0 Å². The van der Waals surface area contributed by atoms with Crippen LogP contribution in [0.3, 0.4) is 0 Å². The molecule has 0 atom stereocenters. The third-order valence-corrected chi connectivity index (χ3v) is 5.32. The van der Waals surface area contributed by atoms with Gasteiger partial charge in [0.1, 0.15) is 6.29 Å². The van der Waals surface area contributed by atoms with Crippen molar-refractivity contribution >= 4 is 29.5 Å². The van der Waals surface area contributed by atoms with Crippen molar-refractivity contribution < 1.29 is 4.79 Å². The van der Waals surface area contributed by atoms with Crippen LogP contribution >= 0.6 is 11.6 Å². The first-order chi connectivity index (χ1) is 12.1. The molecule has 0 spiro atoms. The highest BCUT2D eigenvalue weighted by Crippen LogP contribution is 2.29. The Labute approximate surface area is 153 Å². The molecule has 2 aromatic rings. The van der Waals surface area contributed by atoms with Gasteiger partial charge in [-0.15, -0.1) is 0 Å². The number of carbonyl (C=O) groups is 1. The van der Waals surface area contributed by atoms with Gasteiger partial charge in [-0.25, -0.2) is 9.97 Å². The largest absolute Gasteiger partial charge is 0.324 e. The van der Waals surface area contributed by atoms with Crippen LogP contribution in [0.4, 0.5) is 11.6 Å². The minimum atomic E-state index is -0.380. The fourth-order valence-corrected chi connectivity index (χ4v) is 3.58. The Balaban J connectivity index is 1.78. The fourth-order valence-electron chi connectivity index (χ4n) is 3.39. The van der Waals surface area contributed by atoms with Gasteiger partial charge in [0.25, 0.3) is 0 Å². The Kier molecular flexibility index (Phi) is 5.35. The van der Waals surface area contributed by atoms with Crippen molar-refractivity contribution in [2.75, 3.05) is 11.9 Å². The van der Waals surface area contributed by atoms with E-state index in [1.165, 1.54) is 0 Å². The molecule has 132 valence electrons. The van der Waals surface area contributed by atoms with Crippen LogP contribution in [0.2, 0.25) is 5.02 Å². The number of hydrogen-bond acceptors (Lipinski definition) is 5. The number of halogens is 1. The predicted molar refractivity (Wildman–Crippen MR) is 100 cm³/mol. The van der Waals surface area contributed by atoms with Crippen LogP contribution in [0.5, 0.6) is 0 Å². The quantitative estimate of drug-likeness (QED) is 0.791. The maximum atomic E-state index is 11.7. The summed E-state index contributed by atoms with van der Waals surface area (Å²) in [5.41, 5.74) is 2.62. The molecule has 0 saturated heterocycles. The minimum absolute atomic E-state index is 0.380. The zero-order valence-corrected chi connectivity index (χ0v) is 15.4. The van der Waals surface area contributed by atoms with Gasteiger partial charge < -0.3 is 10.1 Å². The summed E-state index contributed by atoms with van der Waals surface area (Å²) in [6.07, 6.45) is 5.42. The molecule has 1 aromatic carbocycles. The monoisotopic (exact) mass is 358 g/mol. The highest BCUT2D eigenvalue weighted by Gasteiger charge is 2.35. The lowest BCUT2D eigenvalue weighted by atomic mass is 9.89. The molecule has 1 aliphatic heterocycles. The van der Waals surface area contributed by atoms with Crippen LogP contribution in [0.25, 0.3) is 0 Å². The van der Waals surface area contributed by atoms with Crippen LogP contribution in [0, 0.1) is 0 Å². The van der Waals surface area contributed by atoms with E-state index in [-0.39, 0.29) is 5.54 Å². The summed E-state index contributed by atoms with van der Waals surface area (Å²) in [6, 6.07) is 7.48. The number of carbonyl (C=O) groups excluding carboxylic acids is 1. The lowest BCUT2D eigenvalue weighted by Gasteiger charge is -2.41. The van der Waals surface area contributed by atoms with E-state index in [9.17, 15) is 4.79 Å². The zero-order valence-electron chi connectivity index (χ0n) is 14.6. The molecule has 6 heteroatoms. The second kappa shape index (κ2) is 7.50. The Hall–Kier alpha value is -1.98. The first-order valence-electron chi connectivity index (χ1n) is 8.69. The predicted octanol–water partition coefficient (Wildman–Crippen LogP) is 3.99. The normalized spacial score (nSPS) is 14.8. The summed E-state index contributed by atoms with van der Waals surface area (Å²) in [5.74, 6) is 0.571. The van der Waals surface area contributed by atoms with Gasteiger partial charge in [0.15, 0.2) is 0 Å². The second-order valence-electron chi connectivity index (χ2n) is 6.40. The Bertz CT molecular complexity index is 761. The van der Waals surface area contributed by atoms with E-state index in [0.717, 1.165) is 49.0 Å². The van der Waals surface area contributed by atoms with E-state index in [4.69, 9.17) is 11.6 Å². The fraction of sp³-hybridized carbons (Fsp3) is 0.421. The first kappa shape index (κ1) is 17.8. The number of benzene rings is 1. The van der Waals surface area contributed by atoms with E-state index in [0.29, 0.717) is 17.5 Å². The molecule has 25 heavy (non-hydrogen) atoms. The number of nitrogens with one attached hydrogen (secondary N) is 1. The van der Waals surface area contributed by atoms with Crippen molar-refractivity contribution in [3.8, 4) is 0 Å². The summed E-state index contributed by atoms with van der Waals surface area (Å²) in [7, 11) is 0. The molecular weight excluding hydrogens is 336 g/mol. The zero-order chi connectivity index (χ0) is 17.9. The van der Waals surface area contributed by atoms with Gasteiger partial charge in [-0.1, -0.05) is 31.5 Å². The third kappa shape index (κ3) is 3.67. The van der Waals surface area contributed by atoms with Crippen LogP contribution in [-0.4, -0.2) is 33.2 Å². The number of fused-ring (bicyclic) bond motifs is 1. The molecule has 0 radical (unpaired) electrons. The van der Waals surface area contributed by atoms with Gasteiger partial charge in [0.05, 0.1) is 11.2 Å². The van der Waals surface area contributed by atoms with Crippen molar-refractivity contribution in [3.63, 3.8) is 0 Å². The SMILES string of the molecule is CCC(C=O)(CC)N1CCc2nc(Nc3cccc(Cl)c3)ncc2C1. The molecule has 0 unspecified atom stereocenters. The van der Waals surface area contributed by atoms with Gasteiger partial charge in [0.2, 0.25) is 5.95 Å². The minimum Gasteiger partial charge on any atom is -0.324 e. The molecule has 0 fully saturated rings. The number of nitrogens with zero attached hydrogens (tertiary/aromatic N) is 3. The number of anilines is 2. The molecule has 0 aliphatic carbocycles. The molecule has 0 bridgehead atoms. The van der Waals surface area contributed by atoms with E-state index in [2.05, 4.69) is 34.0 Å². The van der Waals surface area contributed by atoms with Crippen LogP contribution in [0.1, 0.15) is 37.9 Å². The lowest BCUT2D eigenvalue weighted by Crippen LogP contribution is -2.51. The summed E-state index contributed by atoms with van der Waals surface area (Å²) in [6.45, 7) is 5.69. The maximum Gasteiger partial charge on any atom is 0.227 e. The lowest BCUT2D eigenvalue weighted by molar-refractivity contribution is -0.120. The van der Waals surface area contributed by atoms with Crippen molar-refractivity contribution in [3.05, 3.63) is 46.7 Å². The third-order valence-electron chi connectivity index (χ3n) is 5.09. The van der Waals surface area contributed by atoms with Gasteiger partial charge >= 0.3 is 0 Å². The van der Waals surface area contributed by atoms with Crippen LogP contribution < -0.4 is 5.32 Å². The van der Waals surface area contributed by atoms with E-state index < -0.39 is 0 Å². The number of aldehydes is 1. The maximum absolute atomic E-state index is 11.7. The van der Waals surface area contributed by atoms with Crippen molar-refractivity contribution in [1.29, 1.82) is 0 Å². The standard InChI is InChI=1S/C19H23ClN4O/c1-3-19(4-2,13-25)24-9-8-17-14(12-24)11-21-18(23-17)22-16-7-5-6-15(20)10-16/h5-7,10-11,13H,3-4,8-9,12H2,1-2H3,(H,21,22,23). The average molecular weight is 359 g/mol. The molecule has 1 aliphatic rings. The molecule has 0 amide bonds.